The van der Waals surface area contributed by atoms with Crippen molar-refractivity contribution in [3.8, 4) is 11.5 Å². The highest BCUT2D eigenvalue weighted by Crippen LogP contribution is 2.29. The van der Waals surface area contributed by atoms with Gasteiger partial charge in [-0.25, -0.2) is 5.43 Å². The Kier molecular flexibility index (Phi) is 5.63. The number of alkyl halides is 3. The third-order valence-corrected chi connectivity index (χ3v) is 3.12. The lowest BCUT2D eigenvalue weighted by atomic mass is 10.1. The van der Waals surface area contributed by atoms with Crippen LogP contribution in [0.1, 0.15) is 28.4 Å². The molecule has 0 saturated heterocycles. The van der Waals surface area contributed by atoms with Gasteiger partial charge in [-0.15, -0.1) is 0 Å². The van der Waals surface area contributed by atoms with E-state index < -0.39 is 17.6 Å². The molecule has 2 rings (SSSR count). The summed E-state index contributed by atoms with van der Waals surface area (Å²) in [6.45, 7) is 2.12. The topological polar surface area (TPSA) is 70.9 Å². The Morgan fingerprint density at radius 2 is 2.04 bits per heavy atom. The van der Waals surface area contributed by atoms with Crippen LogP contribution in [0, 0.1) is 0 Å². The van der Waals surface area contributed by atoms with Gasteiger partial charge in [0.2, 0.25) is 0 Å². The van der Waals surface area contributed by atoms with E-state index in [1.807, 2.05) is 0 Å². The standard InChI is InChI=1S/C17H15F3N2O3/c1-2-25-15-8-11(6-7-14(15)23)10-21-22-16(24)12-4-3-5-13(9-12)17(18,19)20/h3-10,23H,2H2,1H3,(H,22,24)/b21-10-. The number of nitrogens with zero attached hydrogens (tertiary/aromatic N) is 1. The van der Waals surface area contributed by atoms with Crippen LogP contribution in [0.4, 0.5) is 13.2 Å². The van der Waals surface area contributed by atoms with Crippen LogP contribution in [0.15, 0.2) is 47.6 Å². The van der Waals surface area contributed by atoms with E-state index in [2.05, 4.69) is 10.5 Å². The first-order valence-corrected chi connectivity index (χ1v) is 7.27. The number of benzene rings is 2. The molecular formula is C17H15F3N2O3. The molecule has 0 fully saturated rings. The Bertz CT molecular complexity index is 789. The monoisotopic (exact) mass is 352 g/mol. The molecule has 0 aromatic heterocycles. The third-order valence-electron chi connectivity index (χ3n) is 3.12. The van der Waals surface area contributed by atoms with E-state index in [1.54, 1.807) is 6.92 Å². The number of ether oxygens (including phenoxy) is 1. The van der Waals surface area contributed by atoms with Gasteiger partial charge in [0.05, 0.1) is 18.4 Å². The number of nitrogens with one attached hydrogen (secondary N) is 1. The molecular weight excluding hydrogens is 337 g/mol. The van der Waals surface area contributed by atoms with Crippen molar-refractivity contribution in [2.75, 3.05) is 6.61 Å². The Morgan fingerprint density at radius 1 is 1.28 bits per heavy atom. The Hall–Kier alpha value is -3.03. The van der Waals surface area contributed by atoms with Crippen molar-refractivity contribution in [2.45, 2.75) is 13.1 Å². The van der Waals surface area contributed by atoms with Gasteiger partial charge >= 0.3 is 6.18 Å². The first-order chi connectivity index (χ1) is 11.8. The molecule has 0 aliphatic rings. The van der Waals surface area contributed by atoms with E-state index in [-0.39, 0.29) is 17.1 Å². The van der Waals surface area contributed by atoms with Gasteiger partial charge in [-0.2, -0.15) is 18.3 Å². The van der Waals surface area contributed by atoms with Gasteiger partial charge < -0.3 is 9.84 Å². The lowest BCUT2D eigenvalue weighted by molar-refractivity contribution is -0.137. The molecule has 2 aromatic carbocycles. The van der Waals surface area contributed by atoms with E-state index in [9.17, 15) is 23.1 Å². The third kappa shape index (κ3) is 4.97. The van der Waals surface area contributed by atoms with Crippen molar-refractivity contribution >= 4 is 12.1 Å². The number of hydrogen-bond acceptors (Lipinski definition) is 4. The molecule has 2 aromatic rings. The predicted octanol–water partition coefficient (Wildman–Crippen LogP) is 3.57. The van der Waals surface area contributed by atoms with Crippen LogP contribution in [0.5, 0.6) is 11.5 Å². The minimum absolute atomic E-state index is 0.0352. The zero-order valence-corrected chi connectivity index (χ0v) is 13.2. The zero-order chi connectivity index (χ0) is 18.4. The van der Waals surface area contributed by atoms with Gasteiger partial charge in [0.1, 0.15) is 0 Å². The van der Waals surface area contributed by atoms with E-state index in [4.69, 9.17) is 4.74 Å². The fourth-order valence-electron chi connectivity index (χ4n) is 1.95. The smallest absolute Gasteiger partial charge is 0.416 e. The van der Waals surface area contributed by atoms with E-state index in [0.29, 0.717) is 12.2 Å². The van der Waals surface area contributed by atoms with Gasteiger partial charge in [0.15, 0.2) is 11.5 Å². The second-order valence-corrected chi connectivity index (χ2v) is 4.94. The number of carbonyl (C=O) groups excluding carboxylic acids is 1. The Labute approximate surface area is 141 Å². The summed E-state index contributed by atoms with van der Waals surface area (Å²) in [5, 5.41) is 13.3. The molecule has 0 spiro atoms. The molecule has 25 heavy (non-hydrogen) atoms. The number of hydrogen-bond donors (Lipinski definition) is 2. The molecule has 0 atom stereocenters. The van der Waals surface area contributed by atoms with Gasteiger partial charge in [-0.3, -0.25) is 4.79 Å². The number of carbonyl (C=O) groups is 1. The predicted molar refractivity (Wildman–Crippen MR) is 85.8 cm³/mol. The molecule has 8 heteroatoms. The maximum Gasteiger partial charge on any atom is 0.416 e. The van der Waals surface area contributed by atoms with E-state index in [0.717, 1.165) is 18.2 Å². The average molecular weight is 352 g/mol. The maximum atomic E-state index is 12.6. The van der Waals surface area contributed by atoms with Crippen molar-refractivity contribution < 1.29 is 27.8 Å². The van der Waals surface area contributed by atoms with Crippen LogP contribution in [-0.2, 0) is 6.18 Å². The highest BCUT2D eigenvalue weighted by atomic mass is 19.4. The average Bonchev–Trinajstić information content (AvgIpc) is 2.57. The first-order valence-electron chi connectivity index (χ1n) is 7.27. The molecule has 0 heterocycles. The number of aromatic hydroxyl groups is 1. The SMILES string of the molecule is CCOc1cc(/C=N\NC(=O)c2cccc(C(F)(F)F)c2)ccc1O. The first kappa shape index (κ1) is 18.3. The normalized spacial score (nSPS) is 11.5. The quantitative estimate of drug-likeness (QED) is 0.638. The molecule has 132 valence electrons. The zero-order valence-electron chi connectivity index (χ0n) is 13.2. The summed E-state index contributed by atoms with van der Waals surface area (Å²) in [6, 6.07) is 8.49. The molecule has 0 radical (unpaired) electrons. The van der Waals surface area contributed by atoms with Crippen LogP contribution < -0.4 is 10.2 Å². The number of hydrazone groups is 1. The maximum absolute atomic E-state index is 12.6. The molecule has 5 nitrogen and oxygen atoms in total. The van der Waals surface area contributed by atoms with Crippen molar-refractivity contribution in [2.24, 2.45) is 5.10 Å². The van der Waals surface area contributed by atoms with Crippen molar-refractivity contribution in [1.82, 2.24) is 5.43 Å². The Morgan fingerprint density at radius 3 is 2.72 bits per heavy atom. The fraction of sp³-hybridized carbons (Fsp3) is 0.176. The molecule has 0 bridgehead atoms. The largest absolute Gasteiger partial charge is 0.504 e. The minimum atomic E-state index is -4.53. The summed E-state index contributed by atoms with van der Waals surface area (Å²) in [5.41, 5.74) is 1.61. The lowest BCUT2D eigenvalue weighted by Crippen LogP contribution is -2.18. The molecule has 2 N–H and O–H groups in total. The van der Waals surface area contributed by atoms with Gasteiger partial charge in [-0.1, -0.05) is 6.07 Å². The van der Waals surface area contributed by atoms with Crippen LogP contribution in [0.25, 0.3) is 0 Å². The summed E-state index contributed by atoms with van der Waals surface area (Å²) in [4.78, 5) is 11.9. The van der Waals surface area contributed by atoms with Gasteiger partial charge in [0.25, 0.3) is 5.91 Å². The second kappa shape index (κ2) is 7.69. The molecule has 0 unspecified atom stereocenters. The minimum Gasteiger partial charge on any atom is -0.504 e. The lowest BCUT2D eigenvalue weighted by Gasteiger charge is -2.08. The fourth-order valence-corrected chi connectivity index (χ4v) is 1.95. The number of rotatable bonds is 5. The van der Waals surface area contributed by atoms with Crippen LogP contribution in [0.2, 0.25) is 0 Å². The highest BCUT2D eigenvalue weighted by Gasteiger charge is 2.30. The Balaban J connectivity index is 2.07. The van der Waals surface area contributed by atoms with Crippen LogP contribution in [-0.4, -0.2) is 23.8 Å². The molecule has 1 amide bonds. The molecule has 0 aliphatic heterocycles. The van der Waals surface area contributed by atoms with Crippen molar-refractivity contribution in [1.29, 1.82) is 0 Å². The van der Waals surface area contributed by atoms with Gasteiger partial charge in [-0.05, 0) is 48.9 Å². The second-order valence-electron chi connectivity index (χ2n) is 4.94. The van der Waals surface area contributed by atoms with Crippen LogP contribution in [0.3, 0.4) is 0 Å². The number of halogens is 3. The number of phenols is 1. The van der Waals surface area contributed by atoms with E-state index >= 15 is 0 Å². The number of phenolic OH excluding ortho intramolecular Hbond substituents is 1. The molecule has 0 saturated carbocycles. The van der Waals surface area contributed by atoms with Crippen molar-refractivity contribution in [3.63, 3.8) is 0 Å². The van der Waals surface area contributed by atoms with Crippen molar-refractivity contribution in [3.05, 3.63) is 59.2 Å². The van der Waals surface area contributed by atoms with E-state index in [1.165, 1.54) is 30.5 Å². The summed E-state index contributed by atoms with van der Waals surface area (Å²) in [5.74, 6) is -0.547. The molecule has 0 aliphatic carbocycles. The highest BCUT2D eigenvalue weighted by molar-refractivity contribution is 5.95. The summed E-state index contributed by atoms with van der Waals surface area (Å²) in [7, 11) is 0. The van der Waals surface area contributed by atoms with Crippen LogP contribution >= 0.6 is 0 Å². The summed E-state index contributed by atoms with van der Waals surface area (Å²) < 4.78 is 43.1. The number of amides is 1. The summed E-state index contributed by atoms with van der Waals surface area (Å²) in [6.07, 6.45) is -3.24. The van der Waals surface area contributed by atoms with Gasteiger partial charge in [0, 0.05) is 5.56 Å². The summed E-state index contributed by atoms with van der Waals surface area (Å²) >= 11 is 0.